The molecule has 2 N–H and O–H groups in total. The average Bonchev–Trinajstić information content (AvgIpc) is 3.19. The highest BCUT2D eigenvalue weighted by atomic mass is 19.1. The number of aromatic nitrogens is 2. The Bertz CT molecular complexity index is 791. The second-order valence-electron chi connectivity index (χ2n) is 4.39. The van der Waals surface area contributed by atoms with Crippen LogP contribution in [0.25, 0.3) is 11.3 Å². The van der Waals surface area contributed by atoms with Crippen LogP contribution in [-0.4, -0.2) is 22.3 Å². The molecule has 0 aliphatic rings. The van der Waals surface area contributed by atoms with Gasteiger partial charge < -0.3 is 4.42 Å². The van der Waals surface area contributed by atoms with E-state index in [0.29, 0.717) is 17.0 Å². The van der Waals surface area contributed by atoms with Crippen LogP contribution in [0.3, 0.4) is 0 Å². The van der Waals surface area contributed by atoms with Gasteiger partial charge >= 0.3 is 0 Å². The van der Waals surface area contributed by atoms with Gasteiger partial charge in [-0.1, -0.05) is 0 Å². The Morgan fingerprint density at radius 2 is 2.14 bits per heavy atom. The highest BCUT2D eigenvalue weighted by molar-refractivity contribution is 5.93. The predicted molar refractivity (Wildman–Crippen MR) is 77.7 cm³/mol. The van der Waals surface area contributed by atoms with Gasteiger partial charge in [0.15, 0.2) is 0 Å². The van der Waals surface area contributed by atoms with Gasteiger partial charge in [-0.15, -0.1) is 0 Å². The third-order valence-electron chi connectivity index (χ3n) is 2.86. The van der Waals surface area contributed by atoms with Crippen LogP contribution in [0.2, 0.25) is 0 Å². The first-order valence-electron chi connectivity index (χ1n) is 6.40. The van der Waals surface area contributed by atoms with Crippen LogP contribution in [0, 0.1) is 5.82 Å². The third kappa shape index (κ3) is 3.09. The average molecular weight is 298 g/mol. The van der Waals surface area contributed by atoms with E-state index in [-0.39, 0.29) is 11.5 Å². The minimum atomic E-state index is -0.441. The molecule has 22 heavy (non-hydrogen) atoms. The Hall–Kier alpha value is -3.22. The number of rotatable bonds is 4. The smallest absolute Gasteiger partial charge is 0.289 e. The molecular formula is C15H11FN4O2. The van der Waals surface area contributed by atoms with Gasteiger partial charge in [-0.2, -0.15) is 10.2 Å². The molecule has 0 bridgehead atoms. The number of hydrogen-bond acceptors (Lipinski definition) is 4. The van der Waals surface area contributed by atoms with Crippen LogP contribution in [-0.2, 0) is 0 Å². The lowest BCUT2D eigenvalue weighted by atomic mass is 10.1. The predicted octanol–water partition coefficient (Wildman–Crippen LogP) is 2.57. The van der Waals surface area contributed by atoms with E-state index >= 15 is 0 Å². The number of hydrogen-bond donors (Lipinski definition) is 2. The first-order valence-corrected chi connectivity index (χ1v) is 6.40. The molecule has 110 valence electrons. The van der Waals surface area contributed by atoms with Crippen molar-refractivity contribution >= 4 is 12.1 Å². The Labute approximate surface area is 124 Å². The van der Waals surface area contributed by atoms with Crippen molar-refractivity contribution in [3.05, 3.63) is 66.0 Å². The quantitative estimate of drug-likeness (QED) is 0.573. The third-order valence-corrected chi connectivity index (χ3v) is 2.86. The number of hydrazone groups is 1. The molecule has 1 aromatic carbocycles. The molecule has 3 rings (SSSR count). The van der Waals surface area contributed by atoms with Crippen LogP contribution in [0.5, 0.6) is 0 Å². The van der Waals surface area contributed by atoms with Crippen molar-refractivity contribution < 1.29 is 13.6 Å². The van der Waals surface area contributed by atoms with E-state index in [9.17, 15) is 9.18 Å². The summed E-state index contributed by atoms with van der Waals surface area (Å²) in [7, 11) is 0. The lowest BCUT2D eigenvalue weighted by molar-refractivity contribution is 0.0950. The van der Waals surface area contributed by atoms with E-state index in [1.165, 1.54) is 24.6 Å². The lowest BCUT2D eigenvalue weighted by Gasteiger charge is -1.95. The van der Waals surface area contributed by atoms with Crippen molar-refractivity contribution in [3.8, 4) is 11.3 Å². The maximum atomic E-state index is 12.9. The zero-order valence-electron chi connectivity index (χ0n) is 11.3. The number of carbonyl (C=O) groups is 1. The van der Waals surface area contributed by atoms with Crippen LogP contribution < -0.4 is 5.43 Å². The standard InChI is InChI=1S/C15H11FN4O2/c16-11-5-3-10(4-6-11)13-8-14(19-18-13)15(21)20-17-9-12-2-1-7-22-12/h1-9H,(H,18,19)(H,20,21). The van der Waals surface area contributed by atoms with E-state index in [2.05, 4.69) is 20.7 Å². The highest BCUT2D eigenvalue weighted by Gasteiger charge is 2.10. The maximum absolute atomic E-state index is 12.9. The zero-order valence-corrected chi connectivity index (χ0v) is 11.3. The number of halogens is 1. The molecule has 0 aliphatic carbocycles. The molecule has 0 spiro atoms. The fourth-order valence-electron chi connectivity index (χ4n) is 1.79. The van der Waals surface area contributed by atoms with Crippen molar-refractivity contribution in [3.63, 3.8) is 0 Å². The monoisotopic (exact) mass is 298 g/mol. The number of aromatic amines is 1. The van der Waals surface area contributed by atoms with Crippen molar-refractivity contribution in [1.29, 1.82) is 0 Å². The van der Waals surface area contributed by atoms with E-state index < -0.39 is 5.91 Å². The fraction of sp³-hybridized carbons (Fsp3) is 0. The van der Waals surface area contributed by atoms with Gasteiger partial charge in [0.05, 0.1) is 18.2 Å². The van der Waals surface area contributed by atoms with Crippen molar-refractivity contribution in [1.82, 2.24) is 15.6 Å². The van der Waals surface area contributed by atoms with E-state index in [4.69, 9.17) is 4.42 Å². The largest absolute Gasteiger partial charge is 0.463 e. The van der Waals surface area contributed by atoms with Gasteiger partial charge in [-0.25, -0.2) is 9.82 Å². The van der Waals surface area contributed by atoms with Crippen molar-refractivity contribution in [2.24, 2.45) is 5.10 Å². The molecule has 1 amide bonds. The Kier molecular flexibility index (Phi) is 3.78. The van der Waals surface area contributed by atoms with Gasteiger partial charge in [-0.3, -0.25) is 9.89 Å². The second-order valence-corrected chi connectivity index (χ2v) is 4.39. The summed E-state index contributed by atoms with van der Waals surface area (Å²) < 4.78 is 17.9. The van der Waals surface area contributed by atoms with E-state index in [1.54, 1.807) is 30.3 Å². The van der Waals surface area contributed by atoms with Crippen LogP contribution in [0.15, 0.2) is 58.2 Å². The van der Waals surface area contributed by atoms with Gasteiger partial charge in [0.2, 0.25) is 0 Å². The van der Waals surface area contributed by atoms with Gasteiger partial charge in [0.25, 0.3) is 5.91 Å². The fourth-order valence-corrected chi connectivity index (χ4v) is 1.79. The van der Waals surface area contributed by atoms with Crippen LogP contribution >= 0.6 is 0 Å². The van der Waals surface area contributed by atoms with E-state index in [1.807, 2.05) is 0 Å². The highest BCUT2D eigenvalue weighted by Crippen LogP contribution is 2.17. The summed E-state index contributed by atoms with van der Waals surface area (Å²) in [5.41, 5.74) is 3.84. The summed E-state index contributed by atoms with van der Waals surface area (Å²) in [4.78, 5) is 11.9. The molecule has 0 fully saturated rings. The molecule has 0 atom stereocenters. The molecule has 2 aromatic heterocycles. The zero-order chi connectivity index (χ0) is 15.4. The maximum Gasteiger partial charge on any atom is 0.289 e. The molecule has 0 saturated heterocycles. The molecule has 6 nitrogen and oxygen atoms in total. The summed E-state index contributed by atoms with van der Waals surface area (Å²) >= 11 is 0. The van der Waals surface area contributed by atoms with Gasteiger partial charge in [0.1, 0.15) is 17.3 Å². The number of carbonyl (C=O) groups excluding carboxylic acids is 1. The summed E-state index contributed by atoms with van der Waals surface area (Å²) in [6, 6.07) is 10.8. The number of amides is 1. The Morgan fingerprint density at radius 1 is 1.32 bits per heavy atom. The van der Waals surface area contributed by atoms with Gasteiger partial charge in [0, 0.05) is 5.56 Å². The molecule has 3 aromatic rings. The van der Waals surface area contributed by atoms with Crippen molar-refractivity contribution in [2.75, 3.05) is 0 Å². The summed E-state index contributed by atoms with van der Waals surface area (Å²) in [5.74, 6) is -0.245. The minimum absolute atomic E-state index is 0.246. The molecule has 0 unspecified atom stereocenters. The Morgan fingerprint density at radius 3 is 2.86 bits per heavy atom. The number of H-pyrrole nitrogens is 1. The minimum Gasteiger partial charge on any atom is -0.463 e. The first kappa shape index (κ1) is 13.7. The van der Waals surface area contributed by atoms with Gasteiger partial charge in [-0.05, 0) is 42.5 Å². The van der Waals surface area contributed by atoms with Crippen molar-refractivity contribution in [2.45, 2.75) is 0 Å². The van der Waals surface area contributed by atoms with Crippen LogP contribution in [0.4, 0.5) is 4.39 Å². The normalized spacial score (nSPS) is 11.0. The molecule has 0 radical (unpaired) electrons. The van der Waals surface area contributed by atoms with E-state index in [0.717, 1.165) is 0 Å². The summed E-state index contributed by atoms with van der Waals surface area (Å²) in [6.07, 6.45) is 2.89. The van der Waals surface area contributed by atoms with Crippen LogP contribution in [0.1, 0.15) is 16.2 Å². The molecule has 7 heteroatoms. The number of benzene rings is 1. The molecule has 0 aliphatic heterocycles. The molecular weight excluding hydrogens is 287 g/mol. The SMILES string of the molecule is O=C(NN=Cc1ccco1)c1cc(-c2ccc(F)cc2)n[nH]1. The second kappa shape index (κ2) is 6.04. The molecule has 0 saturated carbocycles. The number of nitrogens with one attached hydrogen (secondary N) is 2. The number of furan rings is 1. The summed E-state index contributed by atoms with van der Waals surface area (Å²) in [5, 5.41) is 10.4. The lowest BCUT2D eigenvalue weighted by Crippen LogP contribution is -2.17. The number of nitrogens with zero attached hydrogens (tertiary/aromatic N) is 2. The molecule has 2 heterocycles. The summed E-state index contributed by atoms with van der Waals surface area (Å²) in [6.45, 7) is 0. The topological polar surface area (TPSA) is 83.3 Å². The first-order chi connectivity index (χ1) is 10.7. The Balaban J connectivity index is 1.68.